The minimum atomic E-state index is 0.166. The Hall–Kier alpha value is -1.72. The third-order valence-corrected chi connectivity index (χ3v) is 1.56. The summed E-state index contributed by atoms with van der Waals surface area (Å²) >= 11 is 0. The highest BCUT2D eigenvalue weighted by Crippen LogP contribution is 2.34. The molecule has 0 fully saturated rings. The van der Waals surface area contributed by atoms with Crippen LogP contribution in [0.1, 0.15) is 0 Å². The lowest BCUT2D eigenvalue weighted by molar-refractivity contribution is 0.288. The van der Waals surface area contributed by atoms with Gasteiger partial charge in [-0.2, -0.15) is 9.97 Å². The second kappa shape index (κ2) is 4.50. The van der Waals surface area contributed by atoms with Gasteiger partial charge in [0.25, 0.3) is 11.8 Å². The Morgan fingerprint density at radius 2 is 1.21 bits per heavy atom. The van der Waals surface area contributed by atoms with E-state index in [0.29, 0.717) is 5.75 Å². The van der Waals surface area contributed by atoms with Crippen molar-refractivity contribution in [1.82, 2.24) is 9.97 Å². The van der Waals surface area contributed by atoms with Crippen molar-refractivity contribution in [3.63, 3.8) is 0 Å². The van der Waals surface area contributed by atoms with Crippen LogP contribution in [0.25, 0.3) is 0 Å². The van der Waals surface area contributed by atoms with Crippen molar-refractivity contribution >= 4 is 0 Å². The van der Waals surface area contributed by atoms with E-state index in [0.717, 1.165) is 0 Å². The lowest BCUT2D eigenvalue weighted by atomic mass is 10.5. The highest BCUT2D eigenvalue weighted by molar-refractivity contribution is 5.43. The fourth-order valence-corrected chi connectivity index (χ4v) is 0.934. The van der Waals surface area contributed by atoms with Crippen LogP contribution in [0.2, 0.25) is 0 Å². The van der Waals surface area contributed by atoms with E-state index in [-0.39, 0.29) is 17.8 Å². The maximum atomic E-state index is 5.03. The molecule has 0 aliphatic carbocycles. The standard InChI is InChI=1S/C8H12N2O4/c1-11-5-6(12-2)9-8(14-4)10-7(5)13-3/h1-4H3. The molecule has 1 aromatic heterocycles. The third-order valence-electron chi connectivity index (χ3n) is 1.56. The molecule has 0 aromatic carbocycles. The fraction of sp³-hybridized carbons (Fsp3) is 0.500. The predicted molar refractivity (Wildman–Crippen MR) is 48.2 cm³/mol. The van der Waals surface area contributed by atoms with E-state index in [2.05, 4.69) is 9.97 Å². The average Bonchev–Trinajstić information content (AvgIpc) is 2.26. The van der Waals surface area contributed by atoms with Crippen LogP contribution in [-0.4, -0.2) is 38.4 Å². The first-order chi connectivity index (χ1) is 6.76. The normalized spacial score (nSPS) is 9.43. The molecule has 1 heterocycles. The molecule has 0 saturated heterocycles. The number of ether oxygens (including phenoxy) is 4. The van der Waals surface area contributed by atoms with Gasteiger partial charge in [-0.1, -0.05) is 0 Å². The summed E-state index contributed by atoms with van der Waals surface area (Å²) in [7, 11) is 5.89. The number of methoxy groups -OCH3 is 4. The summed E-state index contributed by atoms with van der Waals surface area (Å²) in [5, 5.41) is 0. The van der Waals surface area contributed by atoms with E-state index >= 15 is 0 Å². The van der Waals surface area contributed by atoms with Crippen LogP contribution in [0.15, 0.2) is 0 Å². The van der Waals surface area contributed by atoms with Crippen molar-refractivity contribution in [2.45, 2.75) is 0 Å². The van der Waals surface area contributed by atoms with Crippen molar-refractivity contribution in [1.29, 1.82) is 0 Å². The molecular weight excluding hydrogens is 188 g/mol. The van der Waals surface area contributed by atoms with Crippen LogP contribution < -0.4 is 18.9 Å². The first-order valence-corrected chi connectivity index (χ1v) is 3.84. The zero-order valence-electron chi connectivity index (χ0n) is 8.53. The quantitative estimate of drug-likeness (QED) is 0.705. The maximum absolute atomic E-state index is 5.03. The number of hydrogen-bond donors (Lipinski definition) is 0. The lowest BCUT2D eigenvalue weighted by Crippen LogP contribution is -2.02. The molecule has 1 rings (SSSR count). The van der Waals surface area contributed by atoms with E-state index in [1.54, 1.807) is 0 Å². The molecule has 78 valence electrons. The van der Waals surface area contributed by atoms with Gasteiger partial charge in [0.2, 0.25) is 5.75 Å². The van der Waals surface area contributed by atoms with Crippen molar-refractivity contribution in [2.75, 3.05) is 28.4 Å². The molecule has 0 bridgehead atoms. The van der Waals surface area contributed by atoms with Crippen LogP contribution >= 0.6 is 0 Å². The molecule has 0 unspecified atom stereocenters. The minimum absolute atomic E-state index is 0.166. The monoisotopic (exact) mass is 200 g/mol. The first-order valence-electron chi connectivity index (χ1n) is 3.84. The minimum Gasteiger partial charge on any atom is -0.487 e. The van der Waals surface area contributed by atoms with Gasteiger partial charge in [-0.15, -0.1) is 0 Å². The second-order valence-electron chi connectivity index (χ2n) is 2.26. The van der Waals surface area contributed by atoms with E-state index in [9.17, 15) is 0 Å². The van der Waals surface area contributed by atoms with Crippen molar-refractivity contribution in [2.24, 2.45) is 0 Å². The topological polar surface area (TPSA) is 62.7 Å². The lowest BCUT2D eigenvalue weighted by Gasteiger charge is -2.10. The SMILES string of the molecule is COc1nc(OC)c(OC)c(OC)n1. The Labute approximate surface area is 81.8 Å². The average molecular weight is 200 g/mol. The van der Waals surface area contributed by atoms with Crippen LogP contribution in [0, 0.1) is 0 Å². The van der Waals surface area contributed by atoms with Gasteiger partial charge in [0.15, 0.2) is 0 Å². The number of hydrogen-bond acceptors (Lipinski definition) is 6. The van der Waals surface area contributed by atoms with Crippen LogP contribution in [-0.2, 0) is 0 Å². The molecule has 0 aliphatic heterocycles. The van der Waals surface area contributed by atoms with Gasteiger partial charge >= 0.3 is 6.01 Å². The Balaban J connectivity index is 3.24. The van der Waals surface area contributed by atoms with Crippen LogP contribution in [0.4, 0.5) is 0 Å². The summed E-state index contributed by atoms with van der Waals surface area (Å²) in [6.45, 7) is 0. The summed E-state index contributed by atoms with van der Waals surface area (Å²) < 4.78 is 19.9. The van der Waals surface area contributed by atoms with E-state index in [1.807, 2.05) is 0 Å². The molecule has 0 aliphatic rings. The van der Waals surface area contributed by atoms with Crippen molar-refractivity contribution in [3.8, 4) is 23.5 Å². The van der Waals surface area contributed by atoms with Gasteiger partial charge in [0.1, 0.15) is 0 Å². The summed E-state index contributed by atoms with van der Waals surface area (Å²) in [6, 6.07) is 0.166. The van der Waals surface area contributed by atoms with Crippen molar-refractivity contribution < 1.29 is 18.9 Å². The van der Waals surface area contributed by atoms with Crippen LogP contribution in [0.3, 0.4) is 0 Å². The van der Waals surface area contributed by atoms with E-state index < -0.39 is 0 Å². The first kappa shape index (κ1) is 10.4. The van der Waals surface area contributed by atoms with Crippen molar-refractivity contribution in [3.05, 3.63) is 0 Å². The molecule has 6 nitrogen and oxygen atoms in total. The number of rotatable bonds is 4. The fourth-order valence-electron chi connectivity index (χ4n) is 0.934. The van der Waals surface area contributed by atoms with Gasteiger partial charge in [-0.3, -0.25) is 0 Å². The highest BCUT2D eigenvalue weighted by Gasteiger charge is 2.16. The smallest absolute Gasteiger partial charge is 0.323 e. The summed E-state index contributed by atoms with van der Waals surface area (Å²) in [6.07, 6.45) is 0. The maximum Gasteiger partial charge on any atom is 0.323 e. The van der Waals surface area contributed by atoms with E-state index in [4.69, 9.17) is 18.9 Å². The zero-order valence-corrected chi connectivity index (χ0v) is 8.53. The van der Waals surface area contributed by atoms with Gasteiger partial charge in [-0.25, -0.2) is 0 Å². The van der Waals surface area contributed by atoms with E-state index in [1.165, 1.54) is 28.4 Å². The molecule has 0 saturated carbocycles. The molecule has 0 amide bonds. The second-order valence-corrected chi connectivity index (χ2v) is 2.26. The van der Waals surface area contributed by atoms with Gasteiger partial charge in [0, 0.05) is 0 Å². The molecule has 14 heavy (non-hydrogen) atoms. The largest absolute Gasteiger partial charge is 0.487 e. The Morgan fingerprint density at radius 3 is 1.50 bits per heavy atom. The summed E-state index contributed by atoms with van der Waals surface area (Å²) in [4.78, 5) is 7.86. The van der Waals surface area contributed by atoms with Crippen LogP contribution in [0.5, 0.6) is 23.5 Å². The molecular formula is C8H12N2O4. The molecule has 0 radical (unpaired) electrons. The van der Waals surface area contributed by atoms with Gasteiger partial charge < -0.3 is 18.9 Å². The number of nitrogens with zero attached hydrogens (tertiary/aromatic N) is 2. The molecule has 0 atom stereocenters. The Kier molecular flexibility index (Phi) is 3.33. The molecule has 6 heteroatoms. The Morgan fingerprint density at radius 1 is 0.714 bits per heavy atom. The zero-order chi connectivity index (χ0) is 10.6. The summed E-state index contributed by atoms with van der Waals surface area (Å²) in [5.41, 5.74) is 0. The third kappa shape index (κ3) is 1.78. The Bertz CT molecular complexity index is 291. The number of aromatic nitrogens is 2. The molecule has 0 N–H and O–H groups in total. The molecule has 0 spiro atoms. The summed E-state index contributed by atoms with van der Waals surface area (Å²) in [5.74, 6) is 0.892. The highest BCUT2D eigenvalue weighted by atomic mass is 16.5. The van der Waals surface area contributed by atoms with Gasteiger partial charge in [-0.05, 0) is 0 Å². The predicted octanol–water partition coefficient (Wildman–Crippen LogP) is 0.511. The van der Waals surface area contributed by atoms with Gasteiger partial charge in [0.05, 0.1) is 28.4 Å². The molecule has 1 aromatic rings.